The highest BCUT2D eigenvalue weighted by molar-refractivity contribution is 5.99. The van der Waals surface area contributed by atoms with Crippen molar-refractivity contribution in [1.29, 1.82) is 0 Å². The Morgan fingerprint density at radius 3 is 2.74 bits per heavy atom. The standard InChI is InChI=1S/C24H27F2N7O/c1-4-28-22(34)17-13-29-23(30-16-6-5-15-12-27-10-9-14(15)11-16)33-21(17)32-19-8-7-18(25)20(31-19)24(2,3)26/h5-8,11,13,27H,4,9-10,12H2,1-3H3,(H,28,34)(H2,29,30,31,32,33). The number of rotatable bonds is 7. The summed E-state index contributed by atoms with van der Waals surface area (Å²) in [7, 11) is 0. The number of anilines is 4. The lowest BCUT2D eigenvalue weighted by Crippen LogP contribution is -2.24. The maximum Gasteiger partial charge on any atom is 0.256 e. The summed E-state index contributed by atoms with van der Waals surface area (Å²) in [4.78, 5) is 25.4. The number of pyridine rings is 1. The molecular weight excluding hydrogens is 440 g/mol. The molecule has 0 saturated carbocycles. The normalized spacial score (nSPS) is 13.2. The third kappa shape index (κ3) is 5.28. The van der Waals surface area contributed by atoms with E-state index in [9.17, 15) is 13.6 Å². The van der Waals surface area contributed by atoms with Gasteiger partial charge in [-0.2, -0.15) is 4.98 Å². The number of nitrogens with one attached hydrogen (secondary N) is 4. The van der Waals surface area contributed by atoms with E-state index in [1.165, 1.54) is 37.2 Å². The highest BCUT2D eigenvalue weighted by Crippen LogP contribution is 2.28. The van der Waals surface area contributed by atoms with Crippen molar-refractivity contribution in [2.45, 2.75) is 39.4 Å². The fourth-order valence-electron chi connectivity index (χ4n) is 3.69. The fourth-order valence-corrected chi connectivity index (χ4v) is 3.69. The first-order chi connectivity index (χ1) is 16.2. The number of benzene rings is 1. The van der Waals surface area contributed by atoms with Crippen molar-refractivity contribution in [3.8, 4) is 0 Å². The van der Waals surface area contributed by atoms with Gasteiger partial charge in [-0.05, 0) is 69.1 Å². The molecular formula is C24H27F2N7O. The van der Waals surface area contributed by atoms with Gasteiger partial charge < -0.3 is 21.3 Å². The van der Waals surface area contributed by atoms with E-state index >= 15 is 0 Å². The summed E-state index contributed by atoms with van der Waals surface area (Å²) in [6.45, 7) is 6.42. The van der Waals surface area contributed by atoms with Crippen molar-refractivity contribution in [2.75, 3.05) is 23.7 Å². The highest BCUT2D eigenvalue weighted by atomic mass is 19.1. The Hall–Kier alpha value is -3.66. The molecule has 0 spiro atoms. The third-order valence-electron chi connectivity index (χ3n) is 5.38. The zero-order valence-electron chi connectivity index (χ0n) is 19.3. The smallest absolute Gasteiger partial charge is 0.256 e. The molecule has 0 bridgehead atoms. The lowest BCUT2D eigenvalue weighted by molar-refractivity contribution is 0.0956. The molecule has 0 saturated heterocycles. The maximum atomic E-state index is 14.4. The molecule has 1 aliphatic heterocycles. The highest BCUT2D eigenvalue weighted by Gasteiger charge is 2.26. The predicted molar refractivity (Wildman–Crippen MR) is 127 cm³/mol. The number of aromatic nitrogens is 3. The van der Waals surface area contributed by atoms with Crippen molar-refractivity contribution in [2.24, 2.45) is 0 Å². The number of halogens is 2. The first-order valence-electron chi connectivity index (χ1n) is 11.1. The van der Waals surface area contributed by atoms with Crippen LogP contribution in [0.25, 0.3) is 0 Å². The number of alkyl halides is 1. The van der Waals surface area contributed by atoms with Gasteiger partial charge in [-0.15, -0.1) is 0 Å². The molecule has 0 aliphatic carbocycles. The van der Waals surface area contributed by atoms with Gasteiger partial charge in [0.1, 0.15) is 34.4 Å². The summed E-state index contributed by atoms with van der Waals surface area (Å²) in [5.74, 6) is -0.566. The van der Waals surface area contributed by atoms with Crippen LogP contribution < -0.4 is 21.3 Å². The van der Waals surface area contributed by atoms with Crippen LogP contribution in [0, 0.1) is 5.82 Å². The first-order valence-corrected chi connectivity index (χ1v) is 11.1. The Morgan fingerprint density at radius 2 is 1.97 bits per heavy atom. The summed E-state index contributed by atoms with van der Waals surface area (Å²) in [6.07, 6.45) is 2.33. The Kier molecular flexibility index (Phi) is 6.69. The van der Waals surface area contributed by atoms with E-state index in [4.69, 9.17) is 0 Å². The molecule has 4 N–H and O–H groups in total. The lowest BCUT2D eigenvalue weighted by Gasteiger charge is -2.18. The summed E-state index contributed by atoms with van der Waals surface area (Å²) >= 11 is 0. The molecule has 1 aromatic carbocycles. The van der Waals surface area contributed by atoms with Crippen molar-refractivity contribution >= 4 is 29.2 Å². The van der Waals surface area contributed by atoms with Gasteiger partial charge in [0, 0.05) is 25.0 Å². The van der Waals surface area contributed by atoms with E-state index in [-0.39, 0.29) is 34.7 Å². The third-order valence-corrected chi connectivity index (χ3v) is 5.38. The summed E-state index contributed by atoms with van der Waals surface area (Å²) in [5.41, 5.74) is 1.17. The fraction of sp³-hybridized carbons (Fsp3) is 0.333. The molecule has 0 unspecified atom stereocenters. The summed E-state index contributed by atoms with van der Waals surface area (Å²) in [5, 5.41) is 12.1. The second-order valence-electron chi connectivity index (χ2n) is 8.47. The van der Waals surface area contributed by atoms with Crippen molar-refractivity contribution in [3.63, 3.8) is 0 Å². The minimum Gasteiger partial charge on any atom is -0.352 e. The molecule has 1 aliphatic rings. The van der Waals surface area contributed by atoms with Crippen LogP contribution in [0.4, 0.5) is 32.1 Å². The van der Waals surface area contributed by atoms with Crippen LogP contribution in [0.5, 0.6) is 0 Å². The van der Waals surface area contributed by atoms with Gasteiger partial charge in [-0.25, -0.2) is 18.7 Å². The number of amides is 1. The van der Waals surface area contributed by atoms with Crippen LogP contribution in [0.15, 0.2) is 36.5 Å². The Bertz CT molecular complexity index is 1210. The van der Waals surface area contributed by atoms with Gasteiger partial charge in [0.15, 0.2) is 0 Å². The second kappa shape index (κ2) is 9.68. The minimum absolute atomic E-state index is 0.151. The maximum absolute atomic E-state index is 14.4. The Balaban J connectivity index is 1.66. The molecule has 1 amide bonds. The van der Waals surface area contributed by atoms with E-state index in [0.717, 1.165) is 31.3 Å². The predicted octanol–water partition coefficient (Wildman–Crippen LogP) is 4.10. The first kappa shape index (κ1) is 23.5. The molecule has 34 heavy (non-hydrogen) atoms. The van der Waals surface area contributed by atoms with E-state index < -0.39 is 11.5 Å². The van der Waals surface area contributed by atoms with Crippen LogP contribution in [0.1, 0.15) is 48.0 Å². The largest absolute Gasteiger partial charge is 0.352 e. The minimum atomic E-state index is -1.98. The number of hydrogen-bond donors (Lipinski definition) is 4. The van der Waals surface area contributed by atoms with Gasteiger partial charge in [0.25, 0.3) is 5.91 Å². The number of hydrogen-bond acceptors (Lipinski definition) is 7. The number of carbonyl (C=O) groups is 1. The van der Waals surface area contributed by atoms with Crippen LogP contribution in [0.2, 0.25) is 0 Å². The number of nitrogens with zero attached hydrogens (tertiary/aromatic N) is 3. The van der Waals surface area contributed by atoms with Crippen molar-refractivity contribution in [3.05, 3.63) is 64.7 Å². The molecule has 2 aromatic heterocycles. The average molecular weight is 468 g/mol. The van der Waals surface area contributed by atoms with Gasteiger partial charge >= 0.3 is 0 Å². The molecule has 3 heterocycles. The molecule has 3 aromatic rings. The van der Waals surface area contributed by atoms with Crippen LogP contribution in [0.3, 0.4) is 0 Å². The van der Waals surface area contributed by atoms with E-state index in [0.29, 0.717) is 6.54 Å². The summed E-state index contributed by atoms with van der Waals surface area (Å²) in [6, 6.07) is 8.53. The van der Waals surface area contributed by atoms with Gasteiger partial charge in [0.05, 0.1) is 0 Å². The molecule has 10 heteroatoms. The van der Waals surface area contributed by atoms with E-state index in [2.05, 4.69) is 48.4 Å². The number of carbonyl (C=O) groups excluding carboxylic acids is 1. The molecule has 0 fully saturated rings. The van der Waals surface area contributed by atoms with Crippen LogP contribution in [-0.4, -0.2) is 33.9 Å². The summed E-state index contributed by atoms with van der Waals surface area (Å²) < 4.78 is 28.5. The molecule has 4 rings (SSSR count). The van der Waals surface area contributed by atoms with Crippen LogP contribution >= 0.6 is 0 Å². The van der Waals surface area contributed by atoms with E-state index in [1.54, 1.807) is 6.92 Å². The average Bonchev–Trinajstić information content (AvgIpc) is 2.80. The Morgan fingerprint density at radius 1 is 1.15 bits per heavy atom. The lowest BCUT2D eigenvalue weighted by atomic mass is 10.0. The molecule has 0 atom stereocenters. The molecule has 8 nitrogen and oxygen atoms in total. The van der Waals surface area contributed by atoms with Gasteiger partial charge in [-0.3, -0.25) is 4.79 Å². The monoisotopic (exact) mass is 467 g/mol. The zero-order chi connectivity index (χ0) is 24.3. The topological polar surface area (TPSA) is 104 Å². The SMILES string of the molecule is CCNC(=O)c1cnc(Nc2ccc3c(c2)CCNC3)nc1Nc1ccc(F)c(C(C)(C)F)n1. The van der Waals surface area contributed by atoms with Gasteiger partial charge in [-0.1, -0.05) is 6.07 Å². The van der Waals surface area contributed by atoms with Crippen molar-refractivity contribution in [1.82, 2.24) is 25.6 Å². The molecule has 178 valence electrons. The van der Waals surface area contributed by atoms with E-state index in [1.807, 2.05) is 6.07 Å². The zero-order valence-corrected chi connectivity index (χ0v) is 19.3. The van der Waals surface area contributed by atoms with Crippen LogP contribution in [-0.2, 0) is 18.6 Å². The quantitative estimate of drug-likeness (QED) is 0.415. The number of fused-ring (bicyclic) bond motifs is 1. The Labute approximate surface area is 196 Å². The second-order valence-corrected chi connectivity index (χ2v) is 8.47. The molecule has 0 radical (unpaired) electrons. The van der Waals surface area contributed by atoms with Crippen molar-refractivity contribution < 1.29 is 13.6 Å². The van der Waals surface area contributed by atoms with Gasteiger partial charge in [0.2, 0.25) is 5.95 Å².